The van der Waals surface area contributed by atoms with Gasteiger partial charge in [0.1, 0.15) is 0 Å². The Balaban J connectivity index is 3.26. The lowest BCUT2D eigenvalue weighted by molar-refractivity contribution is -0.276. The molecule has 1 heterocycles. The van der Waals surface area contributed by atoms with Crippen LogP contribution < -0.4 is 9.47 Å². The normalized spacial score (nSPS) is 11.8. The van der Waals surface area contributed by atoms with Crippen LogP contribution in [-0.2, 0) is 5.88 Å². The Morgan fingerprint density at radius 1 is 1.39 bits per heavy atom. The van der Waals surface area contributed by atoms with Crippen molar-refractivity contribution >= 4 is 11.6 Å². The fraction of sp³-hybridized carbons (Fsp3) is 0.444. The van der Waals surface area contributed by atoms with Crippen molar-refractivity contribution in [2.24, 2.45) is 0 Å². The van der Waals surface area contributed by atoms with E-state index in [0.717, 1.165) is 7.11 Å². The van der Waals surface area contributed by atoms with Crippen LogP contribution in [-0.4, -0.2) is 18.5 Å². The fourth-order valence-corrected chi connectivity index (χ4v) is 1.45. The van der Waals surface area contributed by atoms with Gasteiger partial charge in [-0.05, 0) is 5.56 Å². The molecule has 0 saturated heterocycles. The van der Waals surface area contributed by atoms with Crippen molar-refractivity contribution in [2.75, 3.05) is 7.11 Å². The van der Waals surface area contributed by atoms with E-state index in [1.165, 1.54) is 0 Å². The van der Waals surface area contributed by atoms with Crippen molar-refractivity contribution < 1.29 is 31.4 Å². The van der Waals surface area contributed by atoms with Crippen molar-refractivity contribution in [3.8, 4) is 11.8 Å². The number of hydrogen-bond donors (Lipinski definition) is 0. The highest BCUT2D eigenvalue weighted by Gasteiger charge is 2.33. The van der Waals surface area contributed by atoms with Crippen LogP contribution in [0.15, 0.2) is 6.07 Å². The van der Waals surface area contributed by atoms with E-state index in [0.29, 0.717) is 6.07 Å². The first-order valence-corrected chi connectivity index (χ1v) is 4.99. The molecule has 1 aromatic rings. The largest absolute Gasteiger partial charge is 0.574 e. The number of nitrogens with zero attached hydrogens (tertiary/aromatic N) is 1. The number of alkyl halides is 6. The highest BCUT2D eigenvalue weighted by Crippen LogP contribution is 2.35. The van der Waals surface area contributed by atoms with Gasteiger partial charge in [0, 0.05) is 11.9 Å². The first kappa shape index (κ1) is 14.7. The van der Waals surface area contributed by atoms with Gasteiger partial charge in [-0.2, -0.15) is 4.98 Å². The number of hydrogen-bond acceptors (Lipinski definition) is 3. The summed E-state index contributed by atoms with van der Waals surface area (Å²) in [5, 5.41) is 0. The second kappa shape index (κ2) is 5.55. The van der Waals surface area contributed by atoms with Gasteiger partial charge in [-0.15, -0.1) is 24.8 Å². The van der Waals surface area contributed by atoms with Gasteiger partial charge in [0.25, 0.3) is 6.43 Å². The smallest absolute Gasteiger partial charge is 0.481 e. The molecule has 1 rings (SSSR count). The van der Waals surface area contributed by atoms with E-state index in [1.807, 2.05) is 0 Å². The summed E-state index contributed by atoms with van der Waals surface area (Å²) < 4.78 is 69.4. The zero-order valence-electron chi connectivity index (χ0n) is 8.89. The molecule has 0 saturated carbocycles. The lowest BCUT2D eigenvalue weighted by Crippen LogP contribution is -2.18. The van der Waals surface area contributed by atoms with Crippen LogP contribution >= 0.6 is 11.6 Å². The zero-order chi connectivity index (χ0) is 13.9. The summed E-state index contributed by atoms with van der Waals surface area (Å²) in [6, 6.07) is 0.699. The van der Waals surface area contributed by atoms with Crippen LogP contribution in [0.2, 0.25) is 0 Å². The van der Waals surface area contributed by atoms with Gasteiger partial charge >= 0.3 is 6.36 Å². The molecule has 102 valence electrons. The van der Waals surface area contributed by atoms with Gasteiger partial charge in [0.15, 0.2) is 0 Å². The summed E-state index contributed by atoms with van der Waals surface area (Å²) in [4.78, 5) is 3.20. The number of halogens is 6. The third-order valence-electron chi connectivity index (χ3n) is 1.86. The Labute approximate surface area is 103 Å². The maximum Gasteiger partial charge on any atom is 0.574 e. The van der Waals surface area contributed by atoms with Gasteiger partial charge in [-0.1, -0.05) is 0 Å². The molecule has 0 radical (unpaired) electrons. The van der Waals surface area contributed by atoms with Gasteiger partial charge in [0.05, 0.1) is 12.7 Å². The van der Waals surface area contributed by atoms with Crippen LogP contribution in [0, 0.1) is 0 Å². The van der Waals surface area contributed by atoms with Gasteiger partial charge in [-0.3, -0.25) is 0 Å². The summed E-state index contributed by atoms with van der Waals surface area (Å²) in [6.07, 6.45) is -7.95. The van der Waals surface area contributed by atoms with E-state index in [1.54, 1.807) is 0 Å². The van der Waals surface area contributed by atoms with Gasteiger partial charge in [0.2, 0.25) is 11.8 Å². The van der Waals surface area contributed by atoms with Gasteiger partial charge < -0.3 is 9.47 Å². The van der Waals surface area contributed by atoms with Crippen molar-refractivity contribution in [3.63, 3.8) is 0 Å². The second-order valence-electron chi connectivity index (χ2n) is 3.02. The molecule has 0 unspecified atom stereocenters. The standard InChI is InChI=1S/C9H7ClF5NO2/c1-17-8-6(7(11)12)4(3-10)2-5(16-8)18-9(13,14)15/h2,7H,3H2,1H3. The van der Waals surface area contributed by atoms with Crippen LogP contribution in [0.5, 0.6) is 11.8 Å². The maximum absolute atomic E-state index is 12.7. The zero-order valence-corrected chi connectivity index (χ0v) is 9.65. The number of ether oxygens (including phenoxy) is 2. The summed E-state index contributed by atoms with van der Waals surface area (Å²) in [7, 11) is 1.00. The molecule has 0 fully saturated rings. The van der Waals surface area contributed by atoms with Crippen LogP contribution in [0.4, 0.5) is 22.0 Å². The third-order valence-corrected chi connectivity index (χ3v) is 2.15. The Morgan fingerprint density at radius 3 is 2.39 bits per heavy atom. The molecular weight excluding hydrogens is 285 g/mol. The molecule has 0 aliphatic carbocycles. The predicted octanol–water partition coefficient (Wildman–Crippen LogP) is 3.67. The Bertz CT molecular complexity index is 399. The van der Waals surface area contributed by atoms with E-state index in [-0.39, 0.29) is 5.56 Å². The third kappa shape index (κ3) is 3.59. The molecule has 9 heteroatoms. The monoisotopic (exact) mass is 291 g/mol. The predicted molar refractivity (Wildman–Crippen MR) is 52.0 cm³/mol. The Hall–Kier alpha value is -1.31. The molecule has 0 N–H and O–H groups in total. The molecule has 0 bridgehead atoms. The second-order valence-corrected chi connectivity index (χ2v) is 3.29. The van der Waals surface area contributed by atoms with Crippen LogP contribution in [0.25, 0.3) is 0 Å². The minimum atomic E-state index is -4.98. The average Bonchev–Trinajstić information content (AvgIpc) is 2.24. The molecule has 0 amide bonds. The van der Waals surface area contributed by atoms with E-state index >= 15 is 0 Å². The number of rotatable bonds is 4. The SMILES string of the molecule is COc1nc(OC(F)(F)F)cc(CCl)c1C(F)F. The summed E-state index contributed by atoms with van der Waals surface area (Å²) in [5.41, 5.74) is -0.889. The van der Waals surface area contributed by atoms with E-state index in [9.17, 15) is 22.0 Å². The molecule has 3 nitrogen and oxygen atoms in total. The molecule has 0 aliphatic rings. The molecule has 0 aromatic carbocycles. The summed E-state index contributed by atoms with van der Waals surface area (Å²) in [5.74, 6) is -1.98. The first-order valence-electron chi connectivity index (χ1n) is 4.46. The molecule has 0 aliphatic heterocycles. The number of aromatic nitrogens is 1. The average molecular weight is 292 g/mol. The maximum atomic E-state index is 12.7. The summed E-state index contributed by atoms with van der Waals surface area (Å²) in [6.45, 7) is 0. The Kier molecular flexibility index (Phi) is 4.55. The highest BCUT2D eigenvalue weighted by molar-refractivity contribution is 6.17. The van der Waals surface area contributed by atoms with E-state index in [4.69, 9.17) is 11.6 Å². The highest BCUT2D eigenvalue weighted by atomic mass is 35.5. The fourth-order valence-electron chi connectivity index (χ4n) is 1.23. The lowest BCUT2D eigenvalue weighted by atomic mass is 10.1. The van der Waals surface area contributed by atoms with Crippen LogP contribution in [0.1, 0.15) is 17.6 Å². The number of methoxy groups -OCH3 is 1. The lowest BCUT2D eigenvalue weighted by Gasteiger charge is -2.14. The quantitative estimate of drug-likeness (QED) is 0.626. The van der Waals surface area contributed by atoms with E-state index < -0.39 is 36.0 Å². The van der Waals surface area contributed by atoms with Crippen molar-refractivity contribution in [1.29, 1.82) is 0 Å². The molecule has 0 atom stereocenters. The molecule has 1 aromatic heterocycles. The Morgan fingerprint density at radius 2 is 2.00 bits per heavy atom. The first-order chi connectivity index (χ1) is 8.28. The van der Waals surface area contributed by atoms with Gasteiger partial charge in [-0.25, -0.2) is 8.78 Å². The molecule has 18 heavy (non-hydrogen) atoms. The van der Waals surface area contributed by atoms with Crippen LogP contribution in [0.3, 0.4) is 0 Å². The number of pyridine rings is 1. The van der Waals surface area contributed by atoms with Crippen molar-refractivity contribution in [1.82, 2.24) is 4.98 Å². The van der Waals surface area contributed by atoms with E-state index in [2.05, 4.69) is 14.5 Å². The molecular formula is C9H7ClF5NO2. The van der Waals surface area contributed by atoms with Crippen molar-refractivity contribution in [2.45, 2.75) is 18.7 Å². The minimum Gasteiger partial charge on any atom is -0.481 e. The molecule has 0 spiro atoms. The minimum absolute atomic E-state index is 0.238. The van der Waals surface area contributed by atoms with Crippen molar-refractivity contribution in [3.05, 3.63) is 17.2 Å². The summed E-state index contributed by atoms with van der Waals surface area (Å²) >= 11 is 5.39. The topological polar surface area (TPSA) is 31.4 Å².